The fourth-order valence-electron chi connectivity index (χ4n) is 2.17. The van der Waals surface area contributed by atoms with Gasteiger partial charge >= 0.3 is 0 Å². The van der Waals surface area contributed by atoms with Crippen molar-refractivity contribution >= 4 is 22.6 Å². The summed E-state index contributed by atoms with van der Waals surface area (Å²) in [7, 11) is -0.917. The smallest absolute Gasteiger partial charge is 0.245 e. The first-order chi connectivity index (χ1) is 8.86. The summed E-state index contributed by atoms with van der Waals surface area (Å²) < 4.78 is 11.5. The van der Waals surface area contributed by atoms with Gasteiger partial charge in [0.15, 0.2) is 0 Å². The SMILES string of the molecule is CCS(=O)CCN1C(=O)C(CC(C)C)NC(=O)C1C. The fraction of sp³-hybridized carbons (Fsp3) is 0.846. The molecule has 1 aliphatic rings. The largest absolute Gasteiger partial charge is 0.343 e. The molecule has 1 heterocycles. The lowest BCUT2D eigenvalue weighted by Gasteiger charge is -2.37. The summed E-state index contributed by atoms with van der Waals surface area (Å²) in [6, 6.07) is -0.900. The van der Waals surface area contributed by atoms with Crippen molar-refractivity contribution < 1.29 is 13.8 Å². The highest BCUT2D eigenvalue weighted by atomic mass is 32.2. The molecule has 1 saturated heterocycles. The molecule has 0 aliphatic carbocycles. The molecule has 19 heavy (non-hydrogen) atoms. The summed E-state index contributed by atoms with van der Waals surface area (Å²) in [5.74, 6) is 1.20. The maximum atomic E-state index is 12.3. The van der Waals surface area contributed by atoms with Gasteiger partial charge in [0.2, 0.25) is 11.8 Å². The fourth-order valence-corrected chi connectivity index (χ4v) is 2.86. The molecule has 1 N–H and O–H groups in total. The highest BCUT2D eigenvalue weighted by Gasteiger charge is 2.37. The summed E-state index contributed by atoms with van der Waals surface area (Å²) in [6.45, 7) is 8.00. The Morgan fingerprint density at radius 1 is 1.37 bits per heavy atom. The molecule has 3 atom stereocenters. The molecule has 0 radical (unpaired) electrons. The van der Waals surface area contributed by atoms with Crippen LogP contribution in [0.1, 0.15) is 34.1 Å². The second-order valence-electron chi connectivity index (χ2n) is 5.33. The third-order valence-corrected chi connectivity index (χ3v) is 4.62. The average molecular weight is 288 g/mol. The minimum atomic E-state index is -0.917. The van der Waals surface area contributed by atoms with E-state index in [0.29, 0.717) is 30.4 Å². The zero-order valence-corrected chi connectivity index (χ0v) is 13.0. The van der Waals surface area contributed by atoms with Gasteiger partial charge < -0.3 is 10.2 Å². The normalized spacial score (nSPS) is 25.6. The van der Waals surface area contributed by atoms with Crippen molar-refractivity contribution in [1.29, 1.82) is 0 Å². The van der Waals surface area contributed by atoms with Gasteiger partial charge in [0.25, 0.3) is 0 Å². The molecule has 1 fully saturated rings. The number of carbonyl (C=O) groups is 2. The Kier molecular flexibility index (Phi) is 5.97. The Morgan fingerprint density at radius 3 is 2.53 bits per heavy atom. The lowest BCUT2D eigenvalue weighted by Crippen LogP contribution is -2.63. The zero-order valence-electron chi connectivity index (χ0n) is 12.1. The highest BCUT2D eigenvalue weighted by molar-refractivity contribution is 7.84. The van der Waals surface area contributed by atoms with E-state index in [4.69, 9.17) is 0 Å². The van der Waals surface area contributed by atoms with E-state index in [-0.39, 0.29) is 11.8 Å². The predicted octanol–water partition coefficient (Wildman–Crippen LogP) is 0.517. The van der Waals surface area contributed by atoms with Gasteiger partial charge in [0.1, 0.15) is 12.1 Å². The summed E-state index contributed by atoms with van der Waals surface area (Å²) >= 11 is 0. The van der Waals surface area contributed by atoms with Gasteiger partial charge in [-0.2, -0.15) is 0 Å². The van der Waals surface area contributed by atoms with Crippen LogP contribution < -0.4 is 5.32 Å². The van der Waals surface area contributed by atoms with Crippen LogP contribution >= 0.6 is 0 Å². The van der Waals surface area contributed by atoms with Crippen LogP contribution in [0.25, 0.3) is 0 Å². The van der Waals surface area contributed by atoms with Crippen LogP contribution in [-0.2, 0) is 20.4 Å². The number of hydrogen-bond donors (Lipinski definition) is 1. The molecule has 110 valence electrons. The van der Waals surface area contributed by atoms with Gasteiger partial charge in [0, 0.05) is 28.9 Å². The summed E-state index contributed by atoms with van der Waals surface area (Å²) in [6.07, 6.45) is 0.644. The molecule has 0 aromatic heterocycles. The molecular formula is C13H24N2O3S. The van der Waals surface area contributed by atoms with E-state index >= 15 is 0 Å². The predicted molar refractivity (Wildman–Crippen MR) is 76.1 cm³/mol. The minimum Gasteiger partial charge on any atom is -0.343 e. The monoisotopic (exact) mass is 288 g/mol. The van der Waals surface area contributed by atoms with E-state index < -0.39 is 22.9 Å². The minimum absolute atomic E-state index is 0.0473. The van der Waals surface area contributed by atoms with Crippen molar-refractivity contribution in [2.45, 2.75) is 46.2 Å². The standard InChI is InChI=1S/C13H24N2O3S/c1-5-19(18)7-6-15-10(4)12(16)14-11(13(15)17)8-9(2)3/h9-11H,5-8H2,1-4H3,(H,14,16). The first-order valence-electron chi connectivity index (χ1n) is 6.82. The van der Waals surface area contributed by atoms with Crippen LogP contribution in [0.5, 0.6) is 0 Å². The van der Waals surface area contributed by atoms with Crippen LogP contribution in [0.3, 0.4) is 0 Å². The van der Waals surface area contributed by atoms with Gasteiger partial charge in [-0.15, -0.1) is 0 Å². The molecular weight excluding hydrogens is 264 g/mol. The molecule has 0 aromatic carbocycles. The lowest BCUT2D eigenvalue weighted by molar-refractivity contribution is -0.148. The Bertz CT molecular complexity index is 371. The molecule has 1 aliphatic heterocycles. The molecule has 0 aromatic rings. The third-order valence-electron chi connectivity index (χ3n) is 3.33. The van der Waals surface area contributed by atoms with Gasteiger partial charge in [-0.25, -0.2) is 0 Å². The molecule has 3 unspecified atom stereocenters. The Balaban J connectivity index is 2.72. The molecule has 2 amide bonds. The van der Waals surface area contributed by atoms with Crippen molar-refractivity contribution in [3.8, 4) is 0 Å². The summed E-state index contributed by atoms with van der Waals surface area (Å²) in [5.41, 5.74) is 0. The number of hydrogen-bond acceptors (Lipinski definition) is 3. The maximum Gasteiger partial charge on any atom is 0.245 e. The lowest BCUT2D eigenvalue weighted by atomic mass is 9.99. The van der Waals surface area contributed by atoms with Gasteiger partial charge in [-0.1, -0.05) is 20.8 Å². The molecule has 0 bridgehead atoms. The maximum absolute atomic E-state index is 12.3. The second kappa shape index (κ2) is 7.03. The molecule has 1 rings (SSSR count). The molecule has 0 spiro atoms. The number of piperazine rings is 1. The van der Waals surface area contributed by atoms with Crippen molar-refractivity contribution in [3.05, 3.63) is 0 Å². The van der Waals surface area contributed by atoms with Crippen LogP contribution in [0.2, 0.25) is 0 Å². The Hall–Kier alpha value is -0.910. The topological polar surface area (TPSA) is 66.5 Å². The van der Waals surface area contributed by atoms with E-state index in [9.17, 15) is 13.8 Å². The van der Waals surface area contributed by atoms with Crippen molar-refractivity contribution in [2.24, 2.45) is 5.92 Å². The van der Waals surface area contributed by atoms with Gasteiger partial charge in [-0.05, 0) is 19.3 Å². The molecule has 0 saturated carbocycles. The quantitative estimate of drug-likeness (QED) is 0.775. The zero-order chi connectivity index (χ0) is 14.6. The molecule has 6 heteroatoms. The number of rotatable bonds is 6. The van der Waals surface area contributed by atoms with E-state index in [0.717, 1.165) is 0 Å². The highest BCUT2D eigenvalue weighted by Crippen LogP contribution is 2.15. The molecule has 5 nitrogen and oxygen atoms in total. The first kappa shape index (κ1) is 16.1. The van der Waals surface area contributed by atoms with Crippen LogP contribution in [0.15, 0.2) is 0 Å². The van der Waals surface area contributed by atoms with Crippen molar-refractivity contribution in [2.75, 3.05) is 18.1 Å². The van der Waals surface area contributed by atoms with Crippen LogP contribution in [0, 0.1) is 5.92 Å². The third kappa shape index (κ3) is 4.30. The van der Waals surface area contributed by atoms with Gasteiger partial charge in [0.05, 0.1) is 0 Å². The Morgan fingerprint density at radius 2 is 2.00 bits per heavy atom. The second-order valence-corrected chi connectivity index (χ2v) is 7.20. The summed E-state index contributed by atoms with van der Waals surface area (Å²) in [4.78, 5) is 25.8. The van der Waals surface area contributed by atoms with E-state index in [2.05, 4.69) is 5.32 Å². The average Bonchev–Trinajstić information content (AvgIpc) is 2.35. The van der Waals surface area contributed by atoms with Crippen LogP contribution in [0.4, 0.5) is 0 Å². The van der Waals surface area contributed by atoms with Crippen molar-refractivity contribution in [3.63, 3.8) is 0 Å². The first-order valence-corrected chi connectivity index (χ1v) is 8.31. The van der Waals surface area contributed by atoms with Gasteiger partial charge in [-0.3, -0.25) is 13.8 Å². The number of nitrogens with zero attached hydrogens (tertiary/aromatic N) is 1. The van der Waals surface area contributed by atoms with Crippen molar-refractivity contribution in [1.82, 2.24) is 10.2 Å². The summed E-state index contributed by atoms with van der Waals surface area (Å²) in [5, 5.41) is 2.77. The Labute approximate surface area is 117 Å². The van der Waals surface area contributed by atoms with E-state index in [1.165, 1.54) is 0 Å². The number of carbonyl (C=O) groups excluding carboxylic acids is 2. The number of amides is 2. The van der Waals surface area contributed by atoms with E-state index in [1.54, 1.807) is 11.8 Å². The van der Waals surface area contributed by atoms with Crippen LogP contribution in [-0.4, -0.2) is 51.1 Å². The number of nitrogens with one attached hydrogen (secondary N) is 1. The van der Waals surface area contributed by atoms with E-state index in [1.807, 2.05) is 20.8 Å².